The average Bonchev–Trinajstić information content (AvgIpc) is 3.56. The summed E-state index contributed by atoms with van der Waals surface area (Å²) in [4.78, 5) is 0. The van der Waals surface area contributed by atoms with E-state index in [0.717, 1.165) is 0 Å². The Kier molecular flexibility index (Phi) is 42.1. The molecule has 0 aromatic rings. The lowest BCUT2D eigenvalue weighted by molar-refractivity contribution is -0.383. The Labute approximate surface area is 359 Å². The van der Waals surface area contributed by atoms with E-state index in [1.54, 1.807) is 0 Å². The molecule has 0 saturated carbocycles. The predicted molar refractivity (Wildman–Crippen MR) is 200 cm³/mol. The molecule has 0 aromatic carbocycles. The third kappa shape index (κ3) is 26.0. The Bertz CT molecular complexity index is 878. The van der Waals surface area contributed by atoms with Crippen molar-refractivity contribution < 1.29 is 157 Å². The van der Waals surface area contributed by atoms with Crippen LogP contribution in [0.4, 0.5) is 0 Å². The van der Waals surface area contributed by atoms with Gasteiger partial charge in [-0.05, 0) is 0 Å². The quantitative estimate of drug-likeness (QED) is 0.0539. The lowest BCUT2D eigenvalue weighted by Crippen LogP contribution is -2.62. The van der Waals surface area contributed by atoms with E-state index in [-0.39, 0.29) is 0 Å². The highest BCUT2D eigenvalue weighted by Crippen LogP contribution is 2.35. The number of hydrogen-bond donors (Lipinski definition) is 28. The third-order valence-electron chi connectivity index (χ3n) is 8.16. The Morgan fingerprint density at radius 2 is 0.603 bits per heavy atom. The summed E-state index contributed by atoms with van der Waals surface area (Å²) < 4.78 is 15.4. The summed E-state index contributed by atoms with van der Waals surface area (Å²) in [5.74, 6) is -2.22. The van der Waals surface area contributed by atoms with Crippen molar-refractivity contribution in [2.45, 2.75) is 116 Å². The minimum atomic E-state index is -2.22. The summed E-state index contributed by atoms with van der Waals surface area (Å²) in [6, 6.07) is 0. The normalized spacial score (nSPS) is 30.1. The molecule has 0 aliphatic carbocycles. The van der Waals surface area contributed by atoms with Crippen LogP contribution in [-0.4, -0.2) is 345 Å². The molecule has 2 aliphatic heterocycles. The zero-order valence-corrected chi connectivity index (χ0v) is 33.8. The van der Waals surface area contributed by atoms with Gasteiger partial charge in [-0.1, -0.05) is 0 Å². The molecule has 19 atom stereocenters. The maximum absolute atomic E-state index is 10.00. The van der Waals surface area contributed by atoms with E-state index in [4.69, 9.17) is 127 Å². The smallest absolute Gasteiger partial charge is 0.224 e. The van der Waals surface area contributed by atoms with E-state index in [1.165, 1.54) is 0 Å². The second-order valence-corrected chi connectivity index (χ2v) is 13.1. The number of ether oxygens (including phenoxy) is 3. The molecule has 0 amide bonds. The fourth-order valence-electron chi connectivity index (χ4n) is 3.85. The lowest BCUT2D eigenvalue weighted by atomic mass is 9.99. The second kappa shape index (κ2) is 38.8. The second-order valence-electron chi connectivity index (χ2n) is 13.1. The minimum absolute atomic E-state index is 0.526. The molecule has 2 heterocycles. The van der Waals surface area contributed by atoms with Crippen molar-refractivity contribution in [2.24, 2.45) is 0 Å². The van der Waals surface area contributed by atoms with Crippen LogP contribution in [0.15, 0.2) is 0 Å². The van der Waals surface area contributed by atoms with Crippen LogP contribution in [0.25, 0.3) is 0 Å². The van der Waals surface area contributed by atoms with E-state index in [9.17, 15) is 30.6 Å². The van der Waals surface area contributed by atoms with Crippen LogP contribution in [0, 0.1) is 0 Å². The lowest BCUT2D eigenvalue weighted by Gasteiger charge is -2.43. The summed E-state index contributed by atoms with van der Waals surface area (Å²) in [6.07, 6.45) is -24.9. The van der Waals surface area contributed by atoms with Gasteiger partial charge in [0.25, 0.3) is 0 Å². The van der Waals surface area contributed by atoms with Gasteiger partial charge >= 0.3 is 0 Å². The highest BCUT2D eigenvalue weighted by Gasteiger charge is 2.58. The molecule has 0 bridgehead atoms. The molecule has 31 heteroatoms. The van der Waals surface area contributed by atoms with E-state index in [2.05, 4.69) is 0 Å². The van der Waals surface area contributed by atoms with Crippen LogP contribution in [-0.2, 0) is 14.2 Å². The molecule has 31 nitrogen and oxygen atoms in total. The van der Waals surface area contributed by atoms with E-state index in [0.29, 0.717) is 0 Å². The van der Waals surface area contributed by atoms with Crippen molar-refractivity contribution in [1.82, 2.24) is 0 Å². The van der Waals surface area contributed by atoms with Gasteiger partial charge in [-0.2, -0.15) is 0 Å². The summed E-state index contributed by atoms with van der Waals surface area (Å²) in [5.41, 5.74) is 0. The first-order valence-corrected chi connectivity index (χ1v) is 18.5. The number of rotatable bonds is 20. The minimum Gasteiger partial charge on any atom is -0.394 e. The molecule has 10 unspecified atom stereocenters. The SMILES string of the molecule is OCC(O)C(O)CO.OCC(O)C(O)CO.OCC(O)C(O)CO.OCC(O)C(O)CO.OCC(O)C(O)CO.OC[C@H]1O[C@@](CO)(O[C@H]2O[C@H](CO)[C@@H](O)[C@H](O)[C@H]2O)[C@@H](O)[C@@H]1O. The largest absolute Gasteiger partial charge is 0.394 e. The Morgan fingerprint density at radius 1 is 0.349 bits per heavy atom. The number of hydrogen-bond acceptors (Lipinski definition) is 31. The molecule has 28 N–H and O–H groups in total. The van der Waals surface area contributed by atoms with Gasteiger partial charge in [0.2, 0.25) is 5.79 Å². The Hall–Kier alpha value is -1.24. The van der Waals surface area contributed by atoms with Crippen molar-refractivity contribution in [2.75, 3.05) is 85.9 Å². The Morgan fingerprint density at radius 3 is 0.794 bits per heavy atom. The van der Waals surface area contributed by atoms with Gasteiger partial charge < -0.3 is 157 Å². The van der Waals surface area contributed by atoms with Crippen LogP contribution in [0.1, 0.15) is 0 Å². The average molecular weight is 953 g/mol. The number of aliphatic hydroxyl groups excluding tert-OH is 28. The van der Waals surface area contributed by atoms with Gasteiger partial charge in [0.05, 0.1) is 79.3 Å². The van der Waals surface area contributed by atoms with Crippen LogP contribution >= 0.6 is 0 Å². The summed E-state index contributed by atoms with van der Waals surface area (Å²) in [5, 5.41) is 242. The van der Waals surface area contributed by atoms with Gasteiger partial charge in [0, 0.05) is 0 Å². The van der Waals surface area contributed by atoms with Crippen molar-refractivity contribution in [3.8, 4) is 0 Å². The van der Waals surface area contributed by atoms with Crippen LogP contribution < -0.4 is 0 Å². The summed E-state index contributed by atoms with van der Waals surface area (Å²) in [7, 11) is 0. The van der Waals surface area contributed by atoms with E-state index in [1.807, 2.05) is 0 Å². The molecule has 2 rings (SSSR count). The van der Waals surface area contributed by atoms with Crippen LogP contribution in [0.5, 0.6) is 0 Å². The molecule has 0 spiro atoms. The van der Waals surface area contributed by atoms with Gasteiger partial charge in [-0.3, -0.25) is 0 Å². The zero-order valence-electron chi connectivity index (χ0n) is 33.8. The summed E-state index contributed by atoms with van der Waals surface area (Å²) >= 11 is 0. The standard InChI is InChI=1S/C12H22O11.5C4H10O4/c13-1-4-6(16)8(18)9(19)11(21-4)23-12(3-15)10(20)7(17)5(2-14)22-12;5*5-1-3(7)4(8)2-6/h4-11,13-20H,1-3H2;5*3-8H,1-2H2/t4-,5-,6-,7-,8+,9-,10+,11-,12+;;;;;/m1...../s1. The van der Waals surface area contributed by atoms with Crippen LogP contribution in [0.3, 0.4) is 0 Å². The van der Waals surface area contributed by atoms with Gasteiger partial charge in [-0.15, -0.1) is 0 Å². The highest BCUT2D eigenvalue weighted by atomic mass is 16.8. The molecular formula is C32H72O31. The topological polar surface area (TPSA) is 594 Å². The first kappa shape index (κ1) is 68.3. The van der Waals surface area contributed by atoms with Crippen molar-refractivity contribution >= 4 is 0 Å². The highest BCUT2D eigenvalue weighted by molar-refractivity contribution is 4.98. The fraction of sp³-hybridized carbons (Fsp3) is 1.00. The molecule has 2 fully saturated rings. The van der Waals surface area contributed by atoms with E-state index < -0.39 is 202 Å². The fourth-order valence-corrected chi connectivity index (χ4v) is 3.85. The monoisotopic (exact) mass is 952 g/mol. The summed E-state index contributed by atoms with van der Waals surface area (Å²) in [6.45, 7) is -7.58. The Balaban J connectivity index is -0.000000365. The maximum Gasteiger partial charge on any atom is 0.224 e. The first-order valence-electron chi connectivity index (χ1n) is 18.5. The molecule has 2 saturated heterocycles. The zero-order chi connectivity index (χ0) is 50.2. The third-order valence-corrected chi connectivity index (χ3v) is 8.16. The number of aliphatic hydroxyl groups is 28. The molecule has 63 heavy (non-hydrogen) atoms. The predicted octanol–water partition coefficient (Wildman–Crippen LogP) is -16.9. The molecule has 0 radical (unpaired) electrons. The van der Waals surface area contributed by atoms with Crippen molar-refractivity contribution in [3.05, 3.63) is 0 Å². The maximum atomic E-state index is 10.00. The van der Waals surface area contributed by atoms with Crippen LogP contribution in [0.2, 0.25) is 0 Å². The first-order chi connectivity index (χ1) is 29.4. The molecule has 386 valence electrons. The van der Waals surface area contributed by atoms with Crippen molar-refractivity contribution in [3.63, 3.8) is 0 Å². The molecule has 2 aliphatic rings. The van der Waals surface area contributed by atoms with Crippen molar-refractivity contribution in [1.29, 1.82) is 0 Å². The van der Waals surface area contributed by atoms with Gasteiger partial charge in [-0.25, -0.2) is 0 Å². The molecular weight excluding hydrogens is 880 g/mol. The van der Waals surface area contributed by atoms with Gasteiger partial charge in [0.1, 0.15) is 110 Å². The van der Waals surface area contributed by atoms with E-state index >= 15 is 0 Å². The van der Waals surface area contributed by atoms with Gasteiger partial charge in [0.15, 0.2) is 6.29 Å². The molecule has 0 aromatic heterocycles.